The summed E-state index contributed by atoms with van der Waals surface area (Å²) in [5.41, 5.74) is 6.34. The molecule has 0 fully saturated rings. The number of ether oxygens (including phenoxy) is 2. The lowest BCUT2D eigenvalue weighted by molar-refractivity contribution is -0.138. The summed E-state index contributed by atoms with van der Waals surface area (Å²) < 4.78 is 52.2. The molecule has 0 radical (unpaired) electrons. The van der Waals surface area contributed by atoms with Crippen LogP contribution < -0.4 is 20.5 Å². The monoisotopic (exact) mass is 519 g/mol. The lowest BCUT2D eigenvalue weighted by atomic mass is 9.96. The van der Waals surface area contributed by atoms with E-state index in [0.29, 0.717) is 46.2 Å². The van der Waals surface area contributed by atoms with Crippen molar-refractivity contribution in [3.8, 4) is 11.5 Å². The van der Waals surface area contributed by atoms with Crippen LogP contribution in [0.15, 0.2) is 24.3 Å². The maximum Gasteiger partial charge on any atom is 0.416 e. The van der Waals surface area contributed by atoms with E-state index in [0.717, 1.165) is 31.9 Å². The molecule has 2 aromatic carbocycles. The van der Waals surface area contributed by atoms with Gasteiger partial charge in [0.05, 0.1) is 30.8 Å². The predicted molar refractivity (Wildman–Crippen MR) is 141 cm³/mol. The van der Waals surface area contributed by atoms with Crippen LogP contribution in [-0.2, 0) is 6.18 Å². The minimum absolute atomic E-state index is 0.0521. The molecule has 0 saturated heterocycles. The summed E-state index contributed by atoms with van der Waals surface area (Å²) in [6.07, 6.45) is -1.47. The second kappa shape index (κ2) is 11.9. The first-order valence-electron chi connectivity index (χ1n) is 12.3. The molecule has 0 aliphatic heterocycles. The summed E-state index contributed by atoms with van der Waals surface area (Å²) in [5.74, 6) is 2.12. The molecule has 0 aliphatic carbocycles. The first-order valence-corrected chi connectivity index (χ1v) is 12.3. The highest BCUT2D eigenvalue weighted by Gasteiger charge is 2.34. The third kappa shape index (κ3) is 7.15. The topological polar surface area (TPSA) is 85.5 Å². The Hall–Kier alpha value is -3.27. The Labute approximate surface area is 216 Å². The Kier molecular flexibility index (Phi) is 9.07. The Balaban J connectivity index is 1.90. The van der Waals surface area contributed by atoms with Gasteiger partial charge in [-0.2, -0.15) is 13.2 Å². The first-order chi connectivity index (χ1) is 17.4. The van der Waals surface area contributed by atoms with E-state index in [9.17, 15) is 13.2 Å². The van der Waals surface area contributed by atoms with Gasteiger partial charge in [0, 0.05) is 17.1 Å². The molecule has 0 bridgehead atoms. The number of alkyl halides is 3. The maximum atomic E-state index is 13.6. The van der Waals surface area contributed by atoms with Gasteiger partial charge in [-0.3, -0.25) is 0 Å². The molecular weight excluding hydrogens is 483 g/mol. The first kappa shape index (κ1) is 28.3. The smallest absolute Gasteiger partial charge is 0.416 e. The van der Waals surface area contributed by atoms with Crippen molar-refractivity contribution in [2.75, 3.05) is 45.4 Å². The molecule has 202 valence electrons. The fourth-order valence-corrected chi connectivity index (χ4v) is 4.31. The number of benzene rings is 2. The largest absolute Gasteiger partial charge is 0.493 e. The van der Waals surface area contributed by atoms with Crippen LogP contribution in [0.5, 0.6) is 11.5 Å². The summed E-state index contributed by atoms with van der Waals surface area (Å²) in [6.45, 7) is 6.55. The molecule has 3 rings (SSSR count). The minimum atomic E-state index is -4.50. The lowest BCUT2D eigenvalue weighted by Crippen LogP contribution is -2.15. The highest BCUT2D eigenvalue weighted by Crippen LogP contribution is 2.38. The predicted octanol–water partition coefficient (Wildman–Crippen LogP) is 6.14. The van der Waals surface area contributed by atoms with E-state index < -0.39 is 17.8 Å². The SMILES string of the molecule is COc1cc2nc(C)nc(N[C@H](C)c3cc(N)cc(C(F)(F)F)c3C)c2cc1OCCCCCN(C)C. The van der Waals surface area contributed by atoms with Gasteiger partial charge in [-0.25, -0.2) is 9.97 Å². The minimum Gasteiger partial charge on any atom is -0.493 e. The van der Waals surface area contributed by atoms with Gasteiger partial charge in [0.15, 0.2) is 11.5 Å². The van der Waals surface area contributed by atoms with Crippen LogP contribution in [0.3, 0.4) is 0 Å². The Morgan fingerprint density at radius 2 is 1.76 bits per heavy atom. The van der Waals surface area contributed by atoms with E-state index in [4.69, 9.17) is 15.2 Å². The van der Waals surface area contributed by atoms with Crippen molar-refractivity contribution in [2.24, 2.45) is 0 Å². The summed E-state index contributed by atoms with van der Waals surface area (Å²) >= 11 is 0. The van der Waals surface area contributed by atoms with Crippen LogP contribution in [-0.4, -0.2) is 49.2 Å². The van der Waals surface area contributed by atoms with Gasteiger partial charge in [-0.1, -0.05) is 0 Å². The van der Waals surface area contributed by atoms with Crippen molar-refractivity contribution in [3.05, 3.63) is 46.8 Å². The van der Waals surface area contributed by atoms with Gasteiger partial charge < -0.3 is 25.4 Å². The number of anilines is 2. The number of rotatable bonds is 11. The Morgan fingerprint density at radius 1 is 1.03 bits per heavy atom. The molecule has 0 unspecified atom stereocenters. The van der Waals surface area contributed by atoms with Crippen molar-refractivity contribution in [1.29, 1.82) is 0 Å². The van der Waals surface area contributed by atoms with Gasteiger partial charge in [0.2, 0.25) is 0 Å². The molecule has 3 aromatic rings. The van der Waals surface area contributed by atoms with E-state index in [1.54, 1.807) is 33.1 Å². The van der Waals surface area contributed by atoms with Crippen molar-refractivity contribution in [3.63, 3.8) is 0 Å². The number of hydrogen-bond donors (Lipinski definition) is 2. The van der Waals surface area contributed by atoms with Gasteiger partial charge in [-0.15, -0.1) is 0 Å². The van der Waals surface area contributed by atoms with Crippen LogP contribution in [0, 0.1) is 13.8 Å². The number of methoxy groups -OCH3 is 1. The summed E-state index contributed by atoms with van der Waals surface area (Å²) in [4.78, 5) is 11.2. The number of halogens is 3. The van der Waals surface area contributed by atoms with Crippen LogP contribution in [0.2, 0.25) is 0 Å². The second-order valence-electron chi connectivity index (χ2n) is 9.50. The Morgan fingerprint density at radius 3 is 2.41 bits per heavy atom. The standard InChI is InChI=1S/C27H36F3N5O2/c1-16-20(12-19(31)13-22(16)27(28,29)30)17(2)32-26-21-14-25(37-11-9-7-8-10-35(4)5)24(36-6)15-23(21)33-18(3)34-26/h12-15,17H,7-11,31H2,1-6H3,(H,32,33,34)/t17-/m1/s1. The molecule has 10 heteroatoms. The number of unbranched alkanes of at least 4 members (excludes halogenated alkanes) is 2. The summed E-state index contributed by atoms with van der Waals surface area (Å²) in [7, 11) is 5.67. The quantitative estimate of drug-likeness (QED) is 0.232. The van der Waals surface area contributed by atoms with Gasteiger partial charge in [0.25, 0.3) is 0 Å². The van der Waals surface area contributed by atoms with Crippen molar-refractivity contribution >= 4 is 22.4 Å². The number of aryl methyl sites for hydroxylation is 1. The fourth-order valence-electron chi connectivity index (χ4n) is 4.31. The van der Waals surface area contributed by atoms with E-state index in [-0.39, 0.29) is 11.3 Å². The zero-order valence-electron chi connectivity index (χ0n) is 22.3. The number of nitrogens with zero attached hydrogens (tertiary/aromatic N) is 3. The molecule has 1 aromatic heterocycles. The summed E-state index contributed by atoms with van der Waals surface area (Å²) in [5, 5.41) is 3.95. The van der Waals surface area contributed by atoms with E-state index in [2.05, 4.69) is 34.3 Å². The zero-order valence-corrected chi connectivity index (χ0v) is 22.3. The molecule has 0 saturated carbocycles. The third-order valence-corrected chi connectivity index (χ3v) is 6.20. The van der Waals surface area contributed by atoms with Crippen LogP contribution >= 0.6 is 0 Å². The van der Waals surface area contributed by atoms with Crippen molar-refractivity contribution < 1.29 is 22.6 Å². The molecule has 1 heterocycles. The molecule has 0 spiro atoms. The number of aromatic nitrogens is 2. The number of fused-ring (bicyclic) bond motifs is 1. The van der Waals surface area contributed by atoms with E-state index in [1.807, 2.05) is 6.07 Å². The number of nitrogens with two attached hydrogens (primary N) is 1. The average molecular weight is 520 g/mol. The number of nitrogen functional groups attached to an aromatic ring is 1. The maximum absolute atomic E-state index is 13.6. The van der Waals surface area contributed by atoms with Gasteiger partial charge >= 0.3 is 6.18 Å². The molecule has 0 amide bonds. The highest BCUT2D eigenvalue weighted by molar-refractivity contribution is 5.92. The highest BCUT2D eigenvalue weighted by atomic mass is 19.4. The molecular formula is C27H36F3N5O2. The average Bonchev–Trinajstić information content (AvgIpc) is 2.81. The fraction of sp³-hybridized carbons (Fsp3) is 0.481. The second-order valence-corrected chi connectivity index (χ2v) is 9.50. The zero-order chi connectivity index (χ0) is 27.3. The lowest BCUT2D eigenvalue weighted by Gasteiger charge is -2.22. The molecule has 1 atom stereocenters. The van der Waals surface area contributed by atoms with Crippen LogP contribution in [0.4, 0.5) is 24.7 Å². The molecule has 7 nitrogen and oxygen atoms in total. The third-order valence-electron chi connectivity index (χ3n) is 6.20. The van der Waals surface area contributed by atoms with E-state index in [1.165, 1.54) is 6.92 Å². The number of nitrogens with one attached hydrogen (secondary N) is 1. The van der Waals surface area contributed by atoms with Crippen molar-refractivity contribution in [2.45, 2.75) is 52.3 Å². The van der Waals surface area contributed by atoms with Gasteiger partial charge in [0.1, 0.15) is 11.6 Å². The molecule has 0 aliphatic rings. The molecule has 37 heavy (non-hydrogen) atoms. The van der Waals surface area contributed by atoms with E-state index >= 15 is 0 Å². The Bertz CT molecular complexity index is 1230. The summed E-state index contributed by atoms with van der Waals surface area (Å²) in [6, 6.07) is 5.62. The van der Waals surface area contributed by atoms with Crippen LogP contribution in [0.1, 0.15) is 54.7 Å². The van der Waals surface area contributed by atoms with Crippen LogP contribution in [0.25, 0.3) is 10.9 Å². The normalized spacial score (nSPS) is 12.7. The molecule has 3 N–H and O–H groups in total. The number of hydrogen-bond acceptors (Lipinski definition) is 7. The van der Waals surface area contributed by atoms with Crippen molar-refractivity contribution in [1.82, 2.24) is 14.9 Å². The van der Waals surface area contributed by atoms with Gasteiger partial charge in [-0.05, 0) is 90.0 Å².